The van der Waals surface area contributed by atoms with Gasteiger partial charge in [-0.15, -0.1) is 5.10 Å². The fourth-order valence-electron chi connectivity index (χ4n) is 3.09. The van der Waals surface area contributed by atoms with Crippen molar-refractivity contribution in [1.29, 1.82) is 0 Å². The molecule has 0 bridgehead atoms. The molecular weight excluding hydrogens is 397 g/mol. The van der Waals surface area contributed by atoms with Crippen molar-refractivity contribution in [3.8, 4) is 11.4 Å². The maximum absolute atomic E-state index is 9.44. The lowest BCUT2D eigenvalue weighted by Gasteiger charge is -2.16. The molecule has 0 radical (unpaired) electrons. The van der Waals surface area contributed by atoms with Gasteiger partial charge in [-0.2, -0.15) is 0 Å². The van der Waals surface area contributed by atoms with Crippen LogP contribution in [-0.2, 0) is 13.2 Å². The van der Waals surface area contributed by atoms with Crippen LogP contribution in [0.5, 0.6) is 5.75 Å². The topological polar surface area (TPSA) is 60.2 Å². The van der Waals surface area contributed by atoms with E-state index in [1.54, 1.807) is 22.9 Å². The molecule has 0 aliphatic carbocycles. The largest absolute Gasteiger partial charge is 0.487 e. The Balaban J connectivity index is 2.00. The summed E-state index contributed by atoms with van der Waals surface area (Å²) in [4.78, 5) is 0. The van der Waals surface area contributed by atoms with E-state index in [-0.39, 0.29) is 19.1 Å². The first-order chi connectivity index (χ1) is 13.3. The van der Waals surface area contributed by atoms with Gasteiger partial charge in [-0.05, 0) is 54.7 Å². The maximum Gasteiger partial charge on any atom is 0.132 e. The van der Waals surface area contributed by atoms with Crippen LogP contribution in [0.2, 0.25) is 10.0 Å². The molecule has 0 saturated carbocycles. The third-order valence-corrected chi connectivity index (χ3v) is 5.48. The second-order valence-electron chi connectivity index (χ2n) is 6.98. The number of aliphatic hydroxyl groups is 1. The number of halogens is 2. The molecule has 0 aliphatic rings. The van der Waals surface area contributed by atoms with Crippen LogP contribution in [0.3, 0.4) is 0 Å². The summed E-state index contributed by atoms with van der Waals surface area (Å²) in [7, 11) is 0. The Morgan fingerprint density at radius 3 is 2.36 bits per heavy atom. The van der Waals surface area contributed by atoms with E-state index in [4.69, 9.17) is 27.9 Å². The van der Waals surface area contributed by atoms with E-state index in [9.17, 15) is 5.11 Å². The first kappa shape index (κ1) is 20.6. The van der Waals surface area contributed by atoms with Gasteiger partial charge in [0.05, 0.1) is 22.3 Å². The Bertz CT molecular complexity index is 979. The average Bonchev–Trinajstić information content (AvgIpc) is 3.07. The van der Waals surface area contributed by atoms with Crippen molar-refractivity contribution in [2.75, 3.05) is 0 Å². The monoisotopic (exact) mass is 419 g/mol. The molecule has 3 rings (SSSR count). The van der Waals surface area contributed by atoms with Gasteiger partial charge in [0.15, 0.2) is 0 Å². The molecule has 148 valence electrons. The molecule has 3 aromatic rings. The van der Waals surface area contributed by atoms with Crippen molar-refractivity contribution in [3.63, 3.8) is 0 Å². The predicted octanol–water partition coefficient (Wildman–Crippen LogP) is 5.39. The SMILES string of the molecule is Cc1c(CO)ccc(OCc2c(C(C)C)nnn2-c2c(Cl)cccc2Cl)c1C. The van der Waals surface area contributed by atoms with Gasteiger partial charge in [0.2, 0.25) is 0 Å². The van der Waals surface area contributed by atoms with Crippen LogP contribution in [0.25, 0.3) is 5.69 Å². The van der Waals surface area contributed by atoms with Crippen LogP contribution in [0.1, 0.15) is 47.8 Å². The molecule has 28 heavy (non-hydrogen) atoms. The standard InChI is InChI=1S/C21H23Cl2N3O2/c1-12(2)20-18(11-28-19-9-8-15(10-27)13(3)14(19)4)26(25-24-20)21-16(22)6-5-7-17(21)23/h5-9,12,27H,10-11H2,1-4H3. The summed E-state index contributed by atoms with van der Waals surface area (Å²) < 4.78 is 7.78. The van der Waals surface area contributed by atoms with E-state index in [1.165, 1.54) is 0 Å². The number of nitrogens with zero attached hydrogens (tertiary/aromatic N) is 3. The molecule has 5 nitrogen and oxygen atoms in total. The van der Waals surface area contributed by atoms with Crippen LogP contribution in [-0.4, -0.2) is 20.1 Å². The lowest BCUT2D eigenvalue weighted by Crippen LogP contribution is -2.10. The van der Waals surface area contributed by atoms with Crippen LogP contribution >= 0.6 is 23.2 Å². The molecule has 0 spiro atoms. The van der Waals surface area contributed by atoms with E-state index >= 15 is 0 Å². The highest BCUT2D eigenvalue weighted by atomic mass is 35.5. The first-order valence-electron chi connectivity index (χ1n) is 9.06. The minimum atomic E-state index is 0.00610. The normalized spacial score (nSPS) is 11.3. The summed E-state index contributed by atoms with van der Waals surface area (Å²) in [5.74, 6) is 0.913. The maximum atomic E-state index is 9.44. The van der Waals surface area contributed by atoms with Crippen LogP contribution in [0, 0.1) is 13.8 Å². The number of rotatable bonds is 6. The minimum absolute atomic E-state index is 0.00610. The third-order valence-electron chi connectivity index (χ3n) is 4.87. The van der Waals surface area contributed by atoms with Crippen LogP contribution in [0.15, 0.2) is 30.3 Å². The number of hydrogen-bond acceptors (Lipinski definition) is 4. The van der Waals surface area contributed by atoms with E-state index in [0.717, 1.165) is 33.8 Å². The molecule has 1 N–H and O–H groups in total. The lowest BCUT2D eigenvalue weighted by atomic mass is 10.0. The Morgan fingerprint density at radius 2 is 1.75 bits per heavy atom. The van der Waals surface area contributed by atoms with Crippen LogP contribution in [0.4, 0.5) is 0 Å². The van der Waals surface area contributed by atoms with Gasteiger partial charge in [-0.25, -0.2) is 4.68 Å². The number of para-hydroxylation sites is 1. The number of aliphatic hydroxyl groups excluding tert-OH is 1. The first-order valence-corrected chi connectivity index (χ1v) is 9.82. The van der Waals surface area contributed by atoms with E-state index in [0.29, 0.717) is 15.7 Å². The van der Waals surface area contributed by atoms with Gasteiger partial charge < -0.3 is 9.84 Å². The van der Waals surface area contributed by atoms with Crippen molar-refractivity contribution in [2.45, 2.75) is 46.8 Å². The highest BCUT2D eigenvalue weighted by molar-refractivity contribution is 6.37. The average molecular weight is 420 g/mol. The number of ether oxygens (including phenoxy) is 1. The molecule has 7 heteroatoms. The van der Waals surface area contributed by atoms with Gasteiger partial charge in [0, 0.05) is 0 Å². The van der Waals surface area contributed by atoms with Gasteiger partial charge in [-0.3, -0.25) is 0 Å². The lowest BCUT2D eigenvalue weighted by molar-refractivity contribution is 0.278. The number of hydrogen-bond donors (Lipinski definition) is 1. The zero-order valence-corrected chi connectivity index (χ0v) is 17.8. The van der Waals surface area contributed by atoms with Crippen molar-refractivity contribution in [2.24, 2.45) is 0 Å². The van der Waals surface area contributed by atoms with Crippen molar-refractivity contribution in [3.05, 3.63) is 68.5 Å². The summed E-state index contributed by atoms with van der Waals surface area (Å²) in [6.45, 7) is 8.33. The van der Waals surface area contributed by atoms with E-state index in [2.05, 4.69) is 24.2 Å². The van der Waals surface area contributed by atoms with E-state index < -0.39 is 0 Å². The molecular formula is C21H23Cl2N3O2. The van der Waals surface area contributed by atoms with Gasteiger partial charge >= 0.3 is 0 Å². The zero-order chi connectivity index (χ0) is 20.4. The Labute approximate surface area is 174 Å². The fourth-order valence-corrected chi connectivity index (χ4v) is 3.65. The quantitative estimate of drug-likeness (QED) is 0.581. The molecule has 1 aromatic heterocycles. The third kappa shape index (κ3) is 3.88. The molecule has 2 aromatic carbocycles. The van der Waals surface area contributed by atoms with E-state index in [1.807, 2.05) is 26.0 Å². The van der Waals surface area contributed by atoms with Crippen LogP contribution < -0.4 is 4.74 Å². The summed E-state index contributed by atoms with van der Waals surface area (Å²) in [5, 5.41) is 19.1. The highest BCUT2D eigenvalue weighted by Gasteiger charge is 2.21. The van der Waals surface area contributed by atoms with Crippen molar-refractivity contribution >= 4 is 23.2 Å². The summed E-state index contributed by atoms with van der Waals surface area (Å²) >= 11 is 12.8. The molecule has 0 atom stereocenters. The summed E-state index contributed by atoms with van der Waals surface area (Å²) in [6.07, 6.45) is 0. The zero-order valence-electron chi connectivity index (χ0n) is 16.3. The van der Waals surface area contributed by atoms with Gasteiger partial charge in [0.25, 0.3) is 0 Å². The summed E-state index contributed by atoms with van der Waals surface area (Å²) in [6, 6.07) is 9.08. The molecule has 0 unspecified atom stereocenters. The van der Waals surface area contributed by atoms with Crippen molar-refractivity contribution in [1.82, 2.24) is 15.0 Å². The second-order valence-corrected chi connectivity index (χ2v) is 7.79. The number of benzene rings is 2. The second kappa shape index (κ2) is 8.52. The Hall–Kier alpha value is -2.08. The number of aromatic nitrogens is 3. The van der Waals surface area contributed by atoms with Crippen molar-refractivity contribution < 1.29 is 9.84 Å². The minimum Gasteiger partial charge on any atom is -0.487 e. The fraction of sp³-hybridized carbons (Fsp3) is 0.333. The smallest absolute Gasteiger partial charge is 0.132 e. The Kier molecular flexibility index (Phi) is 6.28. The molecule has 0 saturated heterocycles. The molecule has 0 aliphatic heterocycles. The molecule has 0 fully saturated rings. The summed E-state index contributed by atoms with van der Waals surface area (Å²) in [5.41, 5.74) is 5.12. The molecule has 0 amide bonds. The van der Waals surface area contributed by atoms with Gasteiger partial charge in [0.1, 0.15) is 23.7 Å². The van der Waals surface area contributed by atoms with Gasteiger partial charge in [-0.1, -0.05) is 54.4 Å². The molecule has 1 heterocycles. The Morgan fingerprint density at radius 1 is 1.07 bits per heavy atom. The predicted molar refractivity (Wildman–Crippen MR) is 112 cm³/mol. The highest BCUT2D eigenvalue weighted by Crippen LogP contribution is 2.32.